The van der Waals surface area contributed by atoms with Crippen LogP contribution in [0.2, 0.25) is 0 Å². The van der Waals surface area contributed by atoms with Crippen LogP contribution in [0.5, 0.6) is 0 Å². The lowest BCUT2D eigenvalue weighted by Crippen LogP contribution is -2.52. The number of halogens is 1. The van der Waals surface area contributed by atoms with Crippen molar-refractivity contribution in [2.45, 2.75) is 36.7 Å². The number of fused-ring (bicyclic) bond motifs is 1. The van der Waals surface area contributed by atoms with Crippen molar-refractivity contribution in [3.63, 3.8) is 0 Å². The number of hydrogen-bond donors (Lipinski definition) is 1. The predicted octanol–water partition coefficient (Wildman–Crippen LogP) is 1.01. The van der Waals surface area contributed by atoms with E-state index in [1.54, 1.807) is 12.1 Å². The highest BCUT2D eigenvalue weighted by Gasteiger charge is 2.40. The molecule has 1 unspecified atom stereocenters. The van der Waals surface area contributed by atoms with E-state index >= 15 is 0 Å². The molecule has 0 aliphatic carbocycles. The second-order valence-electron chi connectivity index (χ2n) is 6.04. The second kappa shape index (κ2) is 6.87. The molecule has 2 aliphatic heterocycles. The number of hydrogen-bond acceptors (Lipinski definition) is 5. The summed E-state index contributed by atoms with van der Waals surface area (Å²) >= 11 is 3.22. The molecule has 2 aliphatic rings. The maximum Gasteiger partial charge on any atom is 0.255 e. The third-order valence-electron chi connectivity index (χ3n) is 4.42. The number of piperidine rings is 1. The molecule has 3 amide bonds. The number of carbonyl (C=O) groups excluding carboxylic acids is 3. The zero-order chi connectivity index (χ0) is 18.2. The molecule has 0 spiro atoms. The molecule has 0 saturated carbocycles. The maximum absolute atomic E-state index is 12.7. The lowest BCUT2D eigenvalue weighted by molar-refractivity contribution is -0.136. The Labute approximate surface area is 153 Å². The molecule has 0 aromatic heterocycles. The third kappa shape index (κ3) is 3.35. The monoisotopic (exact) mass is 428 g/mol. The van der Waals surface area contributed by atoms with Gasteiger partial charge in [-0.15, -0.1) is 0 Å². The first-order chi connectivity index (χ1) is 11.8. The molecule has 134 valence electrons. The van der Waals surface area contributed by atoms with Gasteiger partial charge < -0.3 is 4.90 Å². The van der Waals surface area contributed by atoms with Gasteiger partial charge in [-0.05, 0) is 25.0 Å². The molecule has 7 nitrogen and oxygen atoms in total. The molecule has 1 atom stereocenters. The minimum atomic E-state index is -3.51. The van der Waals surface area contributed by atoms with Crippen molar-refractivity contribution in [1.82, 2.24) is 10.2 Å². The van der Waals surface area contributed by atoms with E-state index < -0.39 is 21.8 Å². The van der Waals surface area contributed by atoms with E-state index in [4.69, 9.17) is 0 Å². The van der Waals surface area contributed by atoms with Crippen LogP contribution in [0.4, 0.5) is 0 Å². The molecule has 9 heteroatoms. The van der Waals surface area contributed by atoms with Crippen molar-refractivity contribution in [3.8, 4) is 0 Å². The summed E-state index contributed by atoms with van der Waals surface area (Å²) in [4.78, 5) is 37.5. The zero-order valence-corrected chi connectivity index (χ0v) is 15.7. The summed E-state index contributed by atoms with van der Waals surface area (Å²) in [5.74, 6) is -1.26. The Hall–Kier alpha value is -1.74. The Morgan fingerprint density at radius 3 is 2.68 bits per heavy atom. The van der Waals surface area contributed by atoms with E-state index in [0.29, 0.717) is 22.9 Å². The van der Waals surface area contributed by atoms with Gasteiger partial charge in [-0.2, -0.15) is 0 Å². The molecule has 0 bridgehead atoms. The van der Waals surface area contributed by atoms with Crippen LogP contribution in [-0.2, 0) is 26.0 Å². The number of nitrogens with one attached hydrogen (secondary N) is 1. The van der Waals surface area contributed by atoms with Gasteiger partial charge in [-0.1, -0.05) is 22.0 Å². The van der Waals surface area contributed by atoms with E-state index in [1.807, 2.05) is 0 Å². The van der Waals surface area contributed by atoms with E-state index in [1.165, 1.54) is 11.0 Å². The SMILES string of the molecule is O=C1CCC(N2Cc3c(cccc3S(=O)(=O)CCCBr)C2=O)C(=O)N1. The third-order valence-corrected chi connectivity index (χ3v) is 6.86. The van der Waals surface area contributed by atoms with Crippen LogP contribution < -0.4 is 5.32 Å². The minimum Gasteiger partial charge on any atom is -0.322 e. The Morgan fingerprint density at radius 2 is 2.00 bits per heavy atom. The van der Waals surface area contributed by atoms with E-state index in [2.05, 4.69) is 21.2 Å². The second-order valence-corrected chi connectivity index (χ2v) is 8.91. The van der Waals surface area contributed by atoms with Crippen LogP contribution >= 0.6 is 15.9 Å². The number of rotatable bonds is 5. The molecule has 1 saturated heterocycles. The molecule has 2 heterocycles. The Morgan fingerprint density at radius 1 is 1.24 bits per heavy atom. The van der Waals surface area contributed by atoms with Gasteiger partial charge >= 0.3 is 0 Å². The number of alkyl halides is 1. The largest absolute Gasteiger partial charge is 0.322 e. The first kappa shape index (κ1) is 18.1. The maximum atomic E-state index is 12.7. The topological polar surface area (TPSA) is 101 Å². The number of carbonyl (C=O) groups is 3. The smallest absolute Gasteiger partial charge is 0.255 e. The number of nitrogens with zero attached hydrogens (tertiary/aromatic N) is 1. The number of amides is 3. The van der Waals surface area contributed by atoms with Gasteiger partial charge in [0.25, 0.3) is 5.91 Å². The normalized spacial score (nSPS) is 20.6. The van der Waals surface area contributed by atoms with Gasteiger partial charge in [0.1, 0.15) is 6.04 Å². The highest BCUT2D eigenvalue weighted by molar-refractivity contribution is 9.09. The highest BCUT2D eigenvalue weighted by Crippen LogP contribution is 2.32. The van der Waals surface area contributed by atoms with Gasteiger partial charge in [0.05, 0.1) is 10.6 Å². The molecule has 25 heavy (non-hydrogen) atoms. The van der Waals surface area contributed by atoms with Crippen molar-refractivity contribution in [2.75, 3.05) is 11.1 Å². The Balaban J connectivity index is 1.93. The van der Waals surface area contributed by atoms with Crippen LogP contribution in [0, 0.1) is 0 Å². The average Bonchev–Trinajstić information content (AvgIpc) is 2.90. The Bertz CT molecular complexity index is 852. The molecule has 0 radical (unpaired) electrons. The van der Waals surface area contributed by atoms with Crippen LogP contribution in [-0.4, -0.2) is 48.2 Å². The van der Waals surface area contributed by atoms with Crippen molar-refractivity contribution in [3.05, 3.63) is 29.3 Å². The van der Waals surface area contributed by atoms with Crippen LogP contribution in [0.3, 0.4) is 0 Å². The first-order valence-electron chi connectivity index (χ1n) is 7.90. The fourth-order valence-electron chi connectivity index (χ4n) is 3.20. The fourth-order valence-corrected chi connectivity index (χ4v) is 5.43. The molecular formula is C16H17BrN2O5S. The summed E-state index contributed by atoms with van der Waals surface area (Å²) in [6, 6.07) is 3.87. The van der Waals surface area contributed by atoms with Gasteiger partial charge in [0.2, 0.25) is 11.8 Å². The summed E-state index contributed by atoms with van der Waals surface area (Å²) in [5.41, 5.74) is 0.747. The van der Waals surface area contributed by atoms with Gasteiger partial charge in [-0.3, -0.25) is 19.7 Å². The van der Waals surface area contributed by atoms with Crippen LogP contribution in [0.15, 0.2) is 23.1 Å². The van der Waals surface area contributed by atoms with E-state index in [-0.39, 0.29) is 41.8 Å². The Kier molecular flexibility index (Phi) is 4.97. The number of sulfone groups is 1. The average molecular weight is 429 g/mol. The fraction of sp³-hybridized carbons (Fsp3) is 0.438. The summed E-state index contributed by atoms with van der Waals surface area (Å²) in [6.07, 6.45) is 0.875. The summed E-state index contributed by atoms with van der Waals surface area (Å²) < 4.78 is 25.1. The minimum absolute atomic E-state index is 0.0126. The zero-order valence-electron chi connectivity index (χ0n) is 13.3. The first-order valence-corrected chi connectivity index (χ1v) is 10.7. The van der Waals surface area contributed by atoms with E-state index in [0.717, 1.165) is 0 Å². The quantitative estimate of drug-likeness (QED) is 0.556. The molecule has 1 aromatic rings. The van der Waals surface area contributed by atoms with Gasteiger partial charge in [0, 0.05) is 29.4 Å². The van der Waals surface area contributed by atoms with Gasteiger partial charge in [0.15, 0.2) is 9.84 Å². The predicted molar refractivity (Wildman–Crippen MR) is 93.0 cm³/mol. The summed E-state index contributed by atoms with van der Waals surface area (Å²) in [5, 5.41) is 2.80. The number of imide groups is 1. The van der Waals surface area contributed by atoms with Crippen molar-refractivity contribution < 1.29 is 22.8 Å². The molecule has 1 aromatic carbocycles. The molecule has 1 N–H and O–H groups in total. The molecular weight excluding hydrogens is 412 g/mol. The van der Waals surface area contributed by atoms with Crippen molar-refractivity contribution in [2.24, 2.45) is 0 Å². The summed E-state index contributed by atoms with van der Waals surface area (Å²) in [7, 11) is -3.51. The summed E-state index contributed by atoms with van der Waals surface area (Å²) in [6.45, 7) is 0.0597. The number of benzene rings is 1. The lowest BCUT2D eigenvalue weighted by atomic mass is 10.0. The standard InChI is InChI=1S/C16H17BrN2O5S/c17-7-2-8-25(23,24)13-4-1-3-10-11(13)9-19(16(10)22)12-5-6-14(20)18-15(12)21/h1,3-4,12H,2,5-9H2,(H,18,20,21). The van der Waals surface area contributed by atoms with Crippen LogP contribution in [0.1, 0.15) is 35.2 Å². The highest BCUT2D eigenvalue weighted by atomic mass is 79.9. The van der Waals surface area contributed by atoms with Crippen LogP contribution in [0.25, 0.3) is 0 Å². The molecule has 3 rings (SSSR count). The van der Waals surface area contributed by atoms with Crippen molar-refractivity contribution >= 4 is 43.5 Å². The van der Waals surface area contributed by atoms with Crippen molar-refractivity contribution in [1.29, 1.82) is 0 Å². The van der Waals surface area contributed by atoms with Gasteiger partial charge in [-0.25, -0.2) is 8.42 Å². The molecule has 1 fully saturated rings. The lowest BCUT2D eigenvalue weighted by Gasteiger charge is -2.29. The van der Waals surface area contributed by atoms with E-state index in [9.17, 15) is 22.8 Å².